The van der Waals surface area contributed by atoms with Crippen LogP contribution >= 0.6 is 0 Å². The fourth-order valence-corrected chi connectivity index (χ4v) is 5.13. The Balaban J connectivity index is 1.47. The van der Waals surface area contributed by atoms with E-state index >= 15 is 0 Å². The van der Waals surface area contributed by atoms with Gasteiger partial charge in [0.1, 0.15) is 0 Å². The van der Waals surface area contributed by atoms with Crippen molar-refractivity contribution in [3.8, 4) is 0 Å². The number of nitrogen functional groups attached to an aromatic ring is 1. The minimum atomic E-state index is -3.48. The summed E-state index contributed by atoms with van der Waals surface area (Å²) in [5.41, 5.74) is 10.1. The molecule has 0 radical (unpaired) electrons. The molecule has 3 aromatic carbocycles. The number of hydrogen-bond donors (Lipinski definition) is 3. The fraction of sp³-hybridized carbons (Fsp3) is 0.174. The van der Waals surface area contributed by atoms with Gasteiger partial charge in [0.05, 0.1) is 17.1 Å². The summed E-state index contributed by atoms with van der Waals surface area (Å²) in [7, 11) is -3.48. The lowest BCUT2D eigenvalue weighted by molar-refractivity contribution is 0.102. The van der Waals surface area contributed by atoms with Gasteiger partial charge in [-0.05, 0) is 53.8 Å². The lowest BCUT2D eigenvalue weighted by Gasteiger charge is -2.15. The molecule has 1 aliphatic rings. The second-order valence-corrected chi connectivity index (χ2v) is 9.16. The summed E-state index contributed by atoms with van der Waals surface area (Å²) in [5.74, 6) is -0.303. The first-order valence-electron chi connectivity index (χ1n) is 9.74. The normalized spacial score (nSPS) is 15.5. The Morgan fingerprint density at radius 1 is 1.00 bits per heavy atom. The smallest absolute Gasteiger partial charge is 0.255 e. The molecule has 4 N–H and O–H groups in total. The van der Waals surface area contributed by atoms with E-state index in [-0.39, 0.29) is 17.7 Å². The molecule has 7 heteroatoms. The van der Waals surface area contributed by atoms with E-state index in [1.54, 1.807) is 42.5 Å². The van der Waals surface area contributed by atoms with Gasteiger partial charge in [0.15, 0.2) is 0 Å². The van der Waals surface area contributed by atoms with Crippen molar-refractivity contribution in [3.05, 3.63) is 95.1 Å². The number of sulfonamides is 1. The van der Waals surface area contributed by atoms with E-state index in [0.717, 1.165) is 16.7 Å². The number of amides is 1. The number of carbonyl (C=O) groups is 1. The van der Waals surface area contributed by atoms with Gasteiger partial charge in [-0.25, -0.2) is 13.1 Å². The van der Waals surface area contributed by atoms with Crippen LogP contribution in [0.25, 0.3) is 0 Å². The van der Waals surface area contributed by atoms with Gasteiger partial charge in [0.25, 0.3) is 5.91 Å². The van der Waals surface area contributed by atoms with Crippen molar-refractivity contribution in [3.63, 3.8) is 0 Å². The molecule has 1 atom stereocenters. The predicted octanol–water partition coefficient (Wildman–Crippen LogP) is 3.63. The van der Waals surface area contributed by atoms with Crippen molar-refractivity contribution in [2.24, 2.45) is 0 Å². The topological polar surface area (TPSA) is 101 Å². The minimum absolute atomic E-state index is 0.0569. The maximum atomic E-state index is 12.6. The van der Waals surface area contributed by atoms with E-state index < -0.39 is 10.0 Å². The molecule has 0 fully saturated rings. The second-order valence-electron chi connectivity index (χ2n) is 7.41. The van der Waals surface area contributed by atoms with Gasteiger partial charge in [0, 0.05) is 11.6 Å². The molecule has 0 aromatic heterocycles. The molecule has 0 bridgehead atoms. The van der Waals surface area contributed by atoms with E-state index in [1.165, 1.54) is 0 Å². The molecule has 0 spiro atoms. The number of carbonyl (C=O) groups excluding carboxylic acids is 1. The number of rotatable bonds is 6. The van der Waals surface area contributed by atoms with Gasteiger partial charge in [-0.1, -0.05) is 48.5 Å². The van der Waals surface area contributed by atoms with Crippen LogP contribution in [0, 0.1) is 0 Å². The summed E-state index contributed by atoms with van der Waals surface area (Å²) in [6, 6.07) is 21.3. The van der Waals surface area contributed by atoms with Crippen LogP contribution in [0.4, 0.5) is 11.4 Å². The van der Waals surface area contributed by atoms with Crippen LogP contribution in [-0.2, 0) is 22.2 Å². The summed E-state index contributed by atoms with van der Waals surface area (Å²) in [6.07, 6.45) is 1.38. The third-order valence-corrected chi connectivity index (χ3v) is 6.57. The molecule has 0 saturated heterocycles. The number of nitrogens with one attached hydrogen (secondary N) is 2. The van der Waals surface area contributed by atoms with Crippen LogP contribution in [0.1, 0.15) is 39.5 Å². The third kappa shape index (κ3) is 4.53. The highest BCUT2D eigenvalue weighted by atomic mass is 32.2. The molecule has 6 nitrogen and oxygen atoms in total. The summed E-state index contributed by atoms with van der Waals surface area (Å²) in [4.78, 5) is 12.6. The highest BCUT2D eigenvalue weighted by Crippen LogP contribution is 2.33. The van der Waals surface area contributed by atoms with Crippen LogP contribution in [-0.4, -0.2) is 14.3 Å². The Hall–Kier alpha value is -3.16. The minimum Gasteiger partial charge on any atom is -0.397 e. The molecular weight excluding hydrogens is 398 g/mol. The van der Waals surface area contributed by atoms with Gasteiger partial charge in [0.2, 0.25) is 10.0 Å². The Morgan fingerprint density at radius 3 is 2.50 bits per heavy atom. The summed E-state index contributed by atoms with van der Waals surface area (Å²) >= 11 is 0. The van der Waals surface area contributed by atoms with Crippen molar-refractivity contribution in [1.29, 1.82) is 0 Å². The largest absolute Gasteiger partial charge is 0.397 e. The quantitative estimate of drug-likeness (QED) is 0.529. The Morgan fingerprint density at radius 2 is 1.73 bits per heavy atom. The van der Waals surface area contributed by atoms with Gasteiger partial charge in [-0.2, -0.15) is 0 Å². The van der Waals surface area contributed by atoms with Crippen molar-refractivity contribution in [2.75, 3.05) is 11.1 Å². The average molecular weight is 422 g/mol. The lowest BCUT2D eigenvalue weighted by Crippen LogP contribution is -2.28. The predicted molar refractivity (Wildman–Crippen MR) is 119 cm³/mol. The van der Waals surface area contributed by atoms with Crippen molar-refractivity contribution >= 4 is 27.3 Å². The van der Waals surface area contributed by atoms with E-state index in [4.69, 9.17) is 5.73 Å². The van der Waals surface area contributed by atoms with Gasteiger partial charge >= 0.3 is 0 Å². The van der Waals surface area contributed by atoms with Crippen molar-refractivity contribution in [2.45, 2.75) is 24.6 Å². The van der Waals surface area contributed by atoms with Crippen LogP contribution in [0.15, 0.2) is 72.8 Å². The first-order valence-corrected chi connectivity index (χ1v) is 11.4. The highest BCUT2D eigenvalue weighted by molar-refractivity contribution is 7.88. The Kier molecular flexibility index (Phi) is 5.57. The zero-order chi connectivity index (χ0) is 21.1. The molecule has 0 heterocycles. The number of benzene rings is 3. The van der Waals surface area contributed by atoms with E-state index in [1.807, 2.05) is 30.3 Å². The molecule has 4 rings (SSSR count). The highest BCUT2D eigenvalue weighted by Gasteiger charge is 2.27. The van der Waals surface area contributed by atoms with Gasteiger partial charge < -0.3 is 11.1 Å². The van der Waals surface area contributed by atoms with Gasteiger partial charge in [-0.3, -0.25) is 4.79 Å². The first kappa shape index (κ1) is 20.1. The Bertz CT molecular complexity index is 1180. The zero-order valence-electron chi connectivity index (χ0n) is 16.3. The zero-order valence-corrected chi connectivity index (χ0v) is 17.2. The van der Waals surface area contributed by atoms with Crippen LogP contribution < -0.4 is 15.8 Å². The SMILES string of the molecule is Nc1ccccc1NC(=O)c1ccc2c(c1)CCC2NS(=O)(=O)Cc1ccccc1. The number of nitrogens with two attached hydrogens (primary N) is 1. The summed E-state index contributed by atoms with van der Waals surface area (Å²) < 4.78 is 28.0. The van der Waals surface area contributed by atoms with Gasteiger partial charge in [-0.15, -0.1) is 0 Å². The molecule has 0 aliphatic heterocycles. The van der Waals surface area contributed by atoms with Crippen LogP contribution in [0.3, 0.4) is 0 Å². The lowest BCUT2D eigenvalue weighted by atomic mass is 10.0. The maximum absolute atomic E-state index is 12.6. The van der Waals surface area contributed by atoms with Crippen molar-refractivity contribution in [1.82, 2.24) is 4.72 Å². The van der Waals surface area contributed by atoms with E-state index in [0.29, 0.717) is 29.8 Å². The number of hydrogen-bond acceptors (Lipinski definition) is 4. The monoisotopic (exact) mass is 421 g/mol. The number of fused-ring (bicyclic) bond motifs is 1. The number of para-hydroxylation sites is 2. The maximum Gasteiger partial charge on any atom is 0.255 e. The molecule has 30 heavy (non-hydrogen) atoms. The van der Waals surface area contributed by atoms with Crippen LogP contribution in [0.2, 0.25) is 0 Å². The summed E-state index contributed by atoms with van der Waals surface area (Å²) in [5, 5.41) is 2.82. The van der Waals surface area contributed by atoms with Crippen molar-refractivity contribution < 1.29 is 13.2 Å². The summed E-state index contributed by atoms with van der Waals surface area (Å²) in [6.45, 7) is 0. The molecular formula is C23H23N3O3S. The number of aryl methyl sites for hydroxylation is 1. The molecule has 154 valence electrons. The van der Waals surface area contributed by atoms with Crippen LogP contribution in [0.5, 0.6) is 0 Å². The van der Waals surface area contributed by atoms with E-state index in [2.05, 4.69) is 10.0 Å². The molecule has 0 saturated carbocycles. The third-order valence-electron chi connectivity index (χ3n) is 5.21. The molecule has 1 amide bonds. The van der Waals surface area contributed by atoms with E-state index in [9.17, 15) is 13.2 Å². The first-order chi connectivity index (χ1) is 14.4. The average Bonchev–Trinajstić information content (AvgIpc) is 3.11. The standard InChI is InChI=1S/C23H23N3O3S/c24-20-8-4-5-9-22(20)25-23(27)18-10-12-19-17(14-18)11-13-21(19)26-30(28,29)15-16-6-2-1-3-7-16/h1-10,12,14,21,26H,11,13,15,24H2,(H,25,27). The fourth-order valence-electron chi connectivity index (χ4n) is 3.74. The molecule has 3 aromatic rings. The second kappa shape index (κ2) is 8.30. The Labute approximate surface area is 176 Å². The number of anilines is 2. The molecule has 1 unspecified atom stereocenters. The molecule has 1 aliphatic carbocycles.